The Labute approximate surface area is 182 Å². The van der Waals surface area contributed by atoms with Crippen molar-refractivity contribution in [3.8, 4) is 0 Å². The number of aromatic nitrogens is 1. The predicted molar refractivity (Wildman–Crippen MR) is 116 cm³/mol. The standard InChI is InChI=1S/C21H21ClF3N5O/c1-4-27-19(18(22)12(2)26)20(31)29-13(3)14-8-9-17(28-11-14)30-16-7-5-6-15(10-16)21(23,24)25/h4-11,13H,2,26H2,1,3H3,(H,28,30)(H,29,31)/b19-18+,27-4-. The fourth-order valence-corrected chi connectivity index (χ4v) is 2.64. The highest BCUT2D eigenvalue weighted by Gasteiger charge is 2.30. The molecule has 10 heteroatoms. The summed E-state index contributed by atoms with van der Waals surface area (Å²) in [4.78, 5) is 20.6. The lowest BCUT2D eigenvalue weighted by molar-refractivity contribution is -0.137. The van der Waals surface area contributed by atoms with Crippen molar-refractivity contribution in [3.63, 3.8) is 0 Å². The predicted octanol–water partition coefficient (Wildman–Crippen LogP) is 5.03. The van der Waals surface area contributed by atoms with E-state index in [-0.39, 0.29) is 22.1 Å². The molecule has 1 heterocycles. The van der Waals surface area contributed by atoms with Gasteiger partial charge in [-0.3, -0.25) is 9.79 Å². The maximum Gasteiger partial charge on any atom is 0.416 e. The molecule has 0 aliphatic carbocycles. The van der Waals surface area contributed by atoms with Crippen molar-refractivity contribution >= 4 is 35.2 Å². The highest BCUT2D eigenvalue weighted by molar-refractivity contribution is 6.34. The van der Waals surface area contributed by atoms with Crippen molar-refractivity contribution < 1.29 is 18.0 Å². The van der Waals surface area contributed by atoms with E-state index in [1.807, 2.05) is 0 Å². The number of allylic oxidation sites excluding steroid dienone is 1. The Balaban J connectivity index is 2.12. The van der Waals surface area contributed by atoms with Crippen LogP contribution in [0.5, 0.6) is 0 Å². The zero-order valence-corrected chi connectivity index (χ0v) is 17.6. The Morgan fingerprint density at radius 2 is 2.03 bits per heavy atom. The van der Waals surface area contributed by atoms with Gasteiger partial charge in [-0.2, -0.15) is 13.2 Å². The second kappa shape index (κ2) is 10.1. The van der Waals surface area contributed by atoms with Crippen molar-refractivity contribution in [1.29, 1.82) is 0 Å². The lowest BCUT2D eigenvalue weighted by Crippen LogP contribution is -2.28. The van der Waals surface area contributed by atoms with Crippen molar-refractivity contribution in [2.24, 2.45) is 10.7 Å². The van der Waals surface area contributed by atoms with E-state index in [0.717, 1.165) is 12.1 Å². The average molecular weight is 452 g/mol. The van der Waals surface area contributed by atoms with Gasteiger partial charge in [0.15, 0.2) is 0 Å². The fourth-order valence-electron chi connectivity index (χ4n) is 2.50. The third-order valence-electron chi connectivity index (χ3n) is 4.06. The molecular weight excluding hydrogens is 431 g/mol. The number of halogens is 4. The van der Waals surface area contributed by atoms with Crippen molar-refractivity contribution in [2.45, 2.75) is 26.1 Å². The zero-order chi connectivity index (χ0) is 23.2. The minimum Gasteiger partial charge on any atom is -0.398 e. The molecule has 0 radical (unpaired) electrons. The van der Waals surface area contributed by atoms with Gasteiger partial charge >= 0.3 is 6.18 Å². The number of amides is 1. The number of benzene rings is 1. The second-order valence-electron chi connectivity index (χ2n) is 6.45. The molecule has 2 rings (SSSR count). The normalized spacial score (nSPS) is 13.5. The number of alkyl halides is 3. The molecule has 0 aliphatic heterocycles. The molecule has 2 aromatic rings. The van der Waals surface area contributed by atoms with Gasteiger partial charge in [0.1, 0.15) is 11.5 Å². The smallest absolute Gasteiger partial charge is 0.398 e. The molecule has 164 valence electrons. The molecule has 1 unspecified atom stereocenters. The van der Waals surface area contributed by atoms with Crippen LogP contribution in [0.1, 0.15) is 31.0 Å². The lowest BCUT2D eigenvalue weighted by Gasteiger charge is -2.16. The van der Waals surface area contributed by atoms with E-state index in [2.05, 4.69) is 27.2 Å². The number of nitrogens with one attached hydrogen (secondary N) is 2. The molecule has 0 saturated carbocycles. The summed E-state index contributed by atoms with van der Waals surface area (Å²) >= 11 is 6.01. The third-order valence-corrected chi connectivity index (χ3v) is 4.48. The van der Waals surface area contributed by atoms with Crippen LogP contribution in [0.15, 0.2) is 70.6 Å². The molecule has 0 bridgehead atoms. The Kier molecular flexibility index (Phi) is 7.82. The molecule has 0 spiro atoms. The quantitative estimate of drug-likeness (QED) is 0.312. The molecular formula is C21H21ClF3N5O. The van der Waals surface area contributed by atoms with Gasteiger partial charge in [-0.1, -0.05) is 30.3 Å². The molecule has 0 aliphatic rings. The summed E-state index contributed by atoms with van der Waals surface area (Å²) in [6, 6.07) is 7.62. The van der Waals surface area contributed by atoms with Gasteiger partial charge in [-0.25, -0.2) is 4.98 Å². The van der Waals surface area contributed by atoms with E-state index in [1.54, 1.807) is 26.0 Å². The number of aliphatic imine (C=N–C) groups is 1. The topological polar surface area (TPSA) is 92.4 Å². The monoisotopic (exact) mass is 451 g/mol. The summed E-state index contributed by atoms with van der Waals surface area (Å²) < 4.78 is 38.5. The van der Waals surface area contributed by atoms with E-state index >= 15 is 0 Å². The van der Waals surface area contributed by atoms with Crippen LogP contribution >= 0.6 is 11.6 Å². The summed E-state index contributed by atoms with van der Waals surface area (Å²) in [7, 11) is 0. The van der Waals surface area contributed by atoms with Gasteiger partial charge in [0, 0.05) is 23.8 Å². The third kappa shape index (κ3) is 6.58. The first kappa shape index (κ1) is 23.9. The minimum atomic E-state index is -4.43. The number of nitrogens with zero attached hydrogens (tertiary/aromatic N) is 2. The summed E-state index contributed by atoms with van der Waals surface area (Å²) in [6.45, 7) is 6.85. The molecule has 1 aromatic heterocycles. The average Bonchev–Trinajstić information content (AvgIpc) is 2.71. The van der Waals surface area contributed by atoms with Crippen molar-refractivity contribution in [1.82, 2.24) is 10.3 Å². The molecule has 0 fully saturated rings. The number of rotatable bonds is 7. The molecule has 1 atom stereocenters. The number of nitrogens with two attached hydrogens (primary N) is 1. The van der Waals surface area contributed by atoms with Crippen molar-refractivity contribution in [2.75, 3.05) is 5.32 Å². The number of hydrogen-bond donors (Lipinski definition) is 3. The number of pyridine rings is 1. The first-order chi connectivity index (χ1) is 14.5. The second-order valence-corrected chi connectivity index (χ2v) is 6.83. The van der Waals surface area contributed by atoms with Crippen LogP contribution in [0.3, 0.4) is 0 Å². The number of carbonyl (C=O) groups excluding carboxylic acids is 1. The largest absolute Gasteiger partial charge is 0.416 e. The van der Waals surface area contributed by atoms with Gasteiger partial charge in [0.2, 0.25) is 0 Å². The highest BCUT2D eigenvalue weighted by atomic mass is 35.5. The SMILES string of the molecule is C=C(N)/C(Cl)=C(\N=C/C)C(=O)NC(C)c1ccc(Nc2cccc(C(F)(F)F)c2)nc1. The molecule has 6 nitrogen and oxygen atoms in total. The van der Waals surface area contributed by atoms with Crippen LogP contribution in [0.25, 0.3) is 0 Å². The molecule has 0 saturated heterocycles. The first-order valence-electron chi connectivity index (χ1n) is 9.07. The van der Waals surface area contributed by atoms with Crippen molar-refractivity contribution in [3.05, 3.63) is 76.7 Å². The number of anilines is 2. The molecule has 31 heavy (non-hydrogen) atoms. The molecule has 4 N–H and O–H groups in total. The fraction of sp³-hybridized carbons (Fsp3) is 0.190. The van der Waals surface area contributed by atoms with Gasteiger partial charge in [-0.05, 0) is 43.7 Å². The highest BCUT2D eigenvalue weighted by Crippen LogP contribution is 2.31. The van der Waals surface area contributed by atoms with Crippen LogP contribution in [-0.4, -0.2) is 17.1 Å². The summed E-state index contributed by atoms with van der Waals surface area (Å²) in [5.74, 6) is -0.200. The lowest BCUT2D eigenvalue weighted by atomic mass is 10.1. The minimum absolute atomic E-state index is 0.0109. The van der Waals surface area contributed by atoms with E-state index in [4.69, 9.17) is 17.3 Å². The van der Waals surface area contributed by atoms with E-state index < -0.39 is 23.7 Å². The number of hydrogen-bond acceptors (Lipinski definition) is 5. The molecule has 1 amide bonds. The van der Waals surface area contributed by atoms with Crippen LogP contribution in [0, 0.1) is 0 Å². The van der Waals surface area contributed by atoms with E-state index in [9.17, 15) is 18.0 Å². The van der Waals surface area contributed by atoms with Crippen LogP contribution in [0.2, 0.25) is 0 Å². The van der Waals surface area contributed by atoms with Crippen LogP contribution in [0.4, 0.5) is 24.7 Å². The zero-order valence-electron chi connectivity index (χ0n) is 16.8. The van der Waals surface area contributed by atoms with Gasteiger partial charge in [-0.15, -0.1) is 0 Å². The molecule has 1 aromatic carbocycles. The Morgan fingerprint density at radius 3 is 2.58 bits per heavy atom. The summed E-state index contributed by atoms with van der Waals surface area (Å²) in [5.41, 5.74) is 5.63. The Hall–Kier alpha value is -3.33. The van der Waals surface area contributed by atoms with Crippen LogP contribution < -0.4 is 16.4 Å². The first-order valence-corrected chi connectivity index (χ1v) is 9.45. The maximum absolute atomic E-state index is 12.8. The Morgan fingerprint density at radius 1 is 1.32 bits per heavy atom. The van der Waals surface area contributed by atoms with Gasteiger partial charge < -0.3 is 16.4 Å². The van der Waals surface area contributed by atoms with E-state index in [1.165, 1.54) is 24.5 Å². The summed E-state index contributed by atoms with van der Waals surface area (Å²) in [5, 5.41) is 5.50. The van der Waals surface area contributed by atoms with Crippen LogP contribution in [-0.2, 0) is 11.0 Å². The van der Waals surface area contributed by atoms with Gasteiger partial charge in [0.25, 0.3) is 5.91 Å². The maximum atomic E-state index is 12.8. The van der Waals surface area contributed by atoms with Gasteiger partial charge in [0.05, 0.1) is 16.6 Å². The number of carbonyl (C=O) groups is 1. The summed E-state index contributed by atoms with van der Waals surface area (Å²) in [6.07, 6.45) is -1.53. The Bertz CT molecular complexity index is 1020. The van der Waals surface area contributed by atoms with E-state index in [0.29, 0.717) is 11.4 Å².